The Kier molecular flexibility index (Phi) is 4.26. The number of rotatable bonds is 2. The molecule has 130 valence electrons. The lowest BCUT2D eigenvalue weighted by Crippen LogP contribution is -2.07. The van der Waals surface area contributed by atoms with E-state index in [2.05, 4.69) is 10.3 Å². The average Bonchev–Trinajstić information content (AvgIpc) is 2.90. The molecule has 0 bridgehead atoms. The second-order valence-electron chi connectivity index (χ2n) is 5.06. The van der Waals surface area contributed by atoms with Gasteiger partial charge in [-0.25, -0.2) is 0 Å². The summed E-state index contributed by atoms with van der Waals surface area (Å²) in [5.74, 6) is -0.138. The molecule has 2 aromatic carbocycles. The van der Waals surface area contributed by atoms with Gasteiger partial charge >= 0.3 is 6.18 Å². The van der Waals surface area contributed by atoms with E-state index in [4.69, 9.17) is 28.9 Å². The second-order valence-corrected chi connectivity index (χ2v) is 5.90. The van der Waals surface area contributed by atoms with Gasteiger partial charge in [-0.1, -0.05) is 28.4 Å². The molecule has 0 radical (unpaired) electrons. The first kappa shape index (κ1) is 17.4. The van der Waals surface area contributed by atoms with Crippen LogP contribution >= 0.6 is 23.2 Å². The first-order valence-electron chi connectivity index (χ1n) is 6.75. The number of anilines is 1. The van der Waals surface area contributed by atoms with Crippen LogP contribution in [0.5, 0.6) is 5.75 Å². The summed E-state index contributed by atoms with van der Waals surface area (Å²) in [5.41, 5.74) is 5.56. The molecule has 3 rings (SSSR count). The number of nitrogens with two attached hydrogens (primary N) is 1. The van der Waals surface area contributed by atoms with E-state index in [1.165, 1.54) is 18.2 Å². The maximum Gasteiger partial charge on any atom is 0.416 e. The van der Waals surface area contributed by atoms with Gasteiger partial charge in [0.2, 0.25) is 0 Å². The molecular formula is C15H9Cl2F3N4O. The van der Waals surface area contributed by atoms with Gasteiger partial charge in [0.1, 0.15) is 11.4 Å². The van der Waals surface area contributed by atoms with Crippen molar-refractivity contribution < 1.29 is 18.3 Å². The normalized spacial score (nSPS) is 11.7. The van der Waals surface area contributed by atoms with E-state index in [1.807, 2.05) is 0 Å². The molecule has 0 aliphatic heterocycles. The highest BCUT2D eigenvalue weighted by Gasteiger charge is 2.31. The van der Waals surface area contributed by atoms with Crippen LogP contribution in [-0.4, -0.2) is 20.1 Å². The summed E-state index contributed by atoms with van der Waals surface area (Å²) in [6.07, 6.45) is -4.52. The highest BCUT2D eigenvalue weighted by Crippen LogP contribution is 2.37. The zero-order valence-electron chi connectivity index (χ0n) is 12.2. The number of aromatic nitrogens is 3. The number of nitrogens with zero attached hydrogens (tertiary/aromatic N) is 3. The minimum atomic E-state index is -4.52. The van der Waals surface area contributed by atoms with Crippen LogP contribution in [0.15, 0.2) is 36.4 Å². The molecule has 0 atom stereocenters. The van der Waals surface area contributed by atoms with Crippen molar-refractivity contribution in [3.05, 3.63) is 52.0 Å². The van der Waals surface area contributed by atoms with E-state index in [0.29, 0.717) is 5.02 Å². The van der Waals surface area contributed by atoms with Crippen molar-refractivity contribution in [2.75, 3.05) is 5.73 Å². The Bertz CT molecular complexity index is 956. The Morgan fingerprint density at radius 1 is 1.08 bits per heavy atom. The molecule has 5 nitrogen and oxygen atoms in total. The van der Waals surface area contributed by atoms with Crippen LogP contribution in [0, 0.1) is 0 Å². The van der Waals surface area contributed by atoms with Crippen LogP contribution in [0.2, 0.25) is 10.0 Å². The third-order valence-corrected chi connectivity index (χ3v) is 3.96. The lowest BCUT2D eigenvalue weighted by Gasteiger charge is -2.10. The highest BCUT2D eigenvalue weighted by molar-refractivity contribution is 6.32. The van der Waals surface area contributed by atoms with Crippen LogP contribution in [0.25, 0.3) is 16.9 Å². The van der Waals surface area contributed by atoms with Gasteiger partial charge < -0.3 is 10.8 Å². The Balaban J connectivity index is 2.09. The van der Waals surface area contributed by atoms with Crippen molar-refractivity contribution in [2.24, 2.45) is 0 Å². The Labute approximate surface area is 149 Å². The molecule has 0 fully saturated rings. The van der Waals surface area contributed by atoms with Crippen molar-refractivity contribution in [2.45, 2.75) is 6.18 Å². The Morgan fingerprint density at radius 2 is 1.80 bits per heavy atom. The fourth-order valence-electron chi connectivity index (χ4n) is 2.21. The molecule has 0 aliphatic carbocycles. The average molecular weight is 389 g/mol. The summed E-state index contributed by atoms with van der Waals surface area (Å²) in [6, 6.07) is 7.05. The predicted octanol–water partition coefficient (Wildman–Crippen LogP) is 4.55. The van der Waals surface area contributed by atoms with Crippen LogP contribution in [0.1, 0.15) is 5.56 Å². The summed E-state index contributed by atoms with van der Waals surface area (Å²) in [7, 11) is 0. The fraction of sp³-hybridized carbons (Fsp3) is 0.0667. The zero-order chi connectivity index (χ0) is 18.4. The molecule has 0 aliphatic rings. The lowest BCUT2D eigenvalue weighted by molar-refractivity contribution is -0.137. The van der Waals surface area contributed by atoms with Crippen LogP contribution in [0.4, 0.5) is 19.0 Å². The van der Waals surface area contributed by atoms with E-state index in [9.17, 15) is 18.3 Å². The van der Waals surface area contributed by atoms with Gasteiger partial charge in [0.05, 0.1) is 16.3 Å². The van der Waals surface area contributed by atoms with E-state index >= 15 is 0 Å². The van der Waals surface area contributed by atoms with Crippen molar-refractivity contribution in [3.63, 3.8) is 0 Å². The van der Waals surface area contributed by atoms with Crippen LogP contribution in [-0.2, 0) is 6.18 Å². The molecule has 0 saturated carbocycles. The second kappa shape index (κ2) is 6.12. The van der Waals surface area contributed by atoms with Gasteiger partial charge in [-0.15, -0.1) is 5.10 Å². The summed E-state index contributed by atoms with van der Waals surface area (Å²) < 4.78 is 39.3. The van der Waals surface area contributed by atoms with E-state index in [-0.39, 0.29) is 33.5 Å². The Morgan fingerprint density at radius 3 is 2.44 bits per heavy atom. The largest absolute Gasteiger partial charge is 0.507 e. The van der Waals surface area contributed by atoms with Crippen molar-refractivity contribution in [1.82, 2.24) is 15.0 Å². The Hall–Kier alpha value is -2.45. The molecule has 0 saturated heterocycles. The van der Waals surface area contributed by atoms with Crippen LogP contribution < -0.4 is 5.73 Å². The molecular weight excluding hydrogens is 380 g/mol. The molecule has 1 aromatic heterocycles. The summed E-state index contributed by atoms with van der Waals surface area (Å²) in [5, 5.41) is 17.7. The number of nitrogen functional groups attached to an aromatic ring is 1. The first-order valence-corrected chi connectivity index (χ1v) is 7.51. The highest BCUT2D eigenvalue weighted by atomic mass is 35.5. The number of aromatic hydroxyl groups is 1. The number of halogens is 5. The summed E-state index contributed by atoms with van der Waals surface area (Å²) >= 11 is 11.8. The van der Waals surface area contributed by atoms with Gasteiger partial charge in [0.25, 0.3) is 0 Å². The number of hydrogen-bond donors (Lipinski definition) is 2. The standard InChI is InChI=1S/C15H9Cl2F3N4O/c16-8-2-4-12(25)9(6-8)13-14(21)24(23-22-13)11-3-1-7(5-10(11)17)15(18,19)20/h1-6,25H,21H2. The number of alkyl halides is 3. The topological polar surface area (TPSA) is 77.0 Å². The van der Waals surface area contributed by atoms with E-state index in [1.54, 1.807) is 0 Å². The maximum atomic E-state index is 12.7. The molecule has 0 amide bonds. The third-order valence-electron chi connectivity index (χ3n) is 3.42. The summed E-state index contributed by atoms with van der Waals surface area (Å²) in [6.45, 7) is 0. The lowest BCUT2D eigenvalue weighted by atomic mass is 10.1. The summed E-state index contributed by atoms with van der Waals surface area (Å²) in [4.78, 5) is 0. The number of benzene rings is 2. The number of phenols is 1. The predicted molar refractivity (Wildman–Crippen MR) is 87.9 cm³/mol. The van der Waals surface area contributed by atoms with Gasteiger partial charge in [0, 0.05) is 10.6 Å². The molecule has 0 unspecified atom stereocenters. The van der Waals surface area contributed by atoms with Crippen molar-refractivity contribution in [1.29, 1.82) is 0 Å². The minimum Gasteiger partial charge on any atom is -0.507 e. The van der Waals surface area contributed by atoms with Gasteiger partial charge in [0.15, 0.2) is 5.82 Å². The van der Waals surface area contributed by atoms with E-state index < -0.39 is 11.7 Å². The van der Waals surface area contributed by atoms with Crippen molar-refractivity contribution in [3.8, 4) is 22.7 Å². The van der Waals surface area contributed by atoms with Gasteiger partial charge in [-0.2, -0.15) is 17.9 Å². The van der Waals surface area contributed by atoms with Gasteiger partial charge in [-0.3, -0.25) is 0 Å². The maximum absolute atomic E-state index is 12.7. The fourth-order valence-corrected chi connectivity index (χ4v) is 2.64. The molecule has 3 N–H and O–H groups in total. The van der Waals surface area contributed by atoms with Gasteiger partial charge in [-0.05, 0) is 36.4 Å². The molecule has 1 heterocycles. The molecule has 25 heavy (non-hydrogen) atoms. The van der Waals surface area contributed by atoms with Crippen LogP contribution in [0.3, 0.4) is 0 Å². The molecule has 0 spiro atoms. The molecule has 3 aromatic rings. The zero-order valence-corrected chi connectivity index (χ0v) is 13.7. The molecule has 10 heteroatoms. The quantitative estimate of drug-likeness (QED) is 0.675. The number of phenolic OH excluding ortho intramolecular Hbond substituents is 1. The third kappa shape index (κ3) is 3.22. The number of hydrogen-bond acceptors (Lipinski definition) is 4. The SMILES string of the molecule is Nc1c(-c2cc(Cl)ccc2O)nnn1-c1ccc(C(F)(F)F)cc1Cl. The minimum absolute atomic E-state index is 0.0146. The smallest absolute Gasteiger partial charge is 0.416 e. The first-order chi connectivity index (χ1) is 11.7. The monoisotopic (exact) mass is 388 g/mol. The van der Waals surface area contributed by atoms with Crippen molar-refractivity contribution >= 4 is 29.0 Å². The van der Waals surface area contributed by atoms with E-state index in [0.717, 1.165) is 22.9 Å².